The van der Waals surface area contributed by atoms with Crippen LogP contribution in [0.2, 0.25) is 0 Å². The van der Waals surface area contributed by atoms with E-state index >= 15 is 0 Å². The van der Waals surface area contributed by atoms with E-state index in [0.29, 0.717) is 64.7 Å². The zero-order valence-corrected chi connectivity index (χ0v) is 17.8. The van der Waals surface area contributed by atoms with Gasteiger partial charge in [0.15, 0.2) is 23.0 Å². The number of hydrogen-bond acceptors (Lipinski definition) is 6. The highest BCUT2D eigenvalue weighted by Crippen LogP contribution is 2.46. The van der Waals surface area contributed by atoms with Gasteiger partial charge in [-0.3, -0.25) is 9.59 Å². The lowest BCUT2D eigenvalue weighted by atomic mass is 9.87. The molecule has 1 N–H and O–H groups in total. The lowest BCUT2D eigenvalue weighted by molar-refractivity contribution is 0.0454. The molecule has 2 aliphatic heterocycles. The molecule has 0 bridgehead atoms. The molecule has 3 aliphatic rings. The highest BCUT2D eigenvalue weighted by Gasteiger charge is 2.43. The van der Waals surface area contributed by atoms with Crippen LogP contribution in [0.4, 0.5) is 5.69 Å². The van der Waals surface area contributed by atoms with E-state index in [0.717, 1.165) is 25.7 Å². The summed E-state index contributed by atoms with van der Waals surface area (Å²) in [6, 6.07) is 8.82. The Morgan fingerprint density at radius 2 is 1.75 bits per heavy atom. The number of carbonyl (C=O) groups is 2. The molecule has 7 heteroatoms. The van der Waals surface area contributed by atoms with Gasteiger partial charge in [0.25, 0.3) is 5.91 Å². The predicted octanol–water partition coefficient (Wildman–Crippen LogP) is 5.04. The summed E-state index contributed by atoms with van der Waals surface area (Å²) in [6.45, 7) is 2.78. The van der Waals surface area contributed by atoms with Gasteiger partial charge in [0.1, 0.15) is 30.1 Å². The Hall–Kier alpha value is -3.48. The van der Waals surface area contributed by atoms with Gasteiger partial charge in [-0.15, -0.1) is 0 Å². The minimum Gasteiger partial charge on any atom is -0.486 e. The number of fused-ring (bicyclic) bond motifs is 4. The fourth-order valence-electron chi connectivity index (χ4n) is 5.16. The Kier molecular flexibility index (Phi) is 4.22. The van der Waals surface area contributed by atoms with Crippen LogP contribution in [-0.4, -0.2) is 30.5 Å². The summed E-state index contributed by atoms with van der Waals surface area (Å²) in [7, 11) is 0. The minimum atomic E-state index is -0.388. The molecular formula is C25H23NO6. The van der Waals surface area contributed by atoms with Crippen LogP contribution in [0.1, 0.15) is 58.6 Å². The van der Waals surface area contributed by atoms with Crippen LogP contribution in [-0.2, 0) is 0 Å². The van der Waals surface area contributed by atoms with E-state index in [4.69, 9.17) is 18.6 Å². The lowest BCUT2D eigenvalue weighted by Gasteiger charge is -2.34. The molecule has 1 fully saturated rings. The van der Waals surface area contributed by atoms with E-state index in [9.17, 15) is 9.59 Å². The number of furan rings is 1. The number of carbonyl (C=O) groups excluding carboxylic acids is 2. The first-order valence-electron chi connectivity index (χ1n) is 11.0. The molecule has 3 aromatic rings. The average molecular weight is 433 g/mol. The highest BCUT2D eigenvalue weighted by atomic mass is 16.6. The van der Waals surface area contributed by atoms with Crippen molar-refractivity contribution in [1.82, 2.24) is 0 Å². The van der Waals surface area contributed by atoms with Crippen molar-refractivity contribution in [1.29, 1.82) is 0 Å². The molecule has 164 valence electrons. The molecular weight excluding hydrogens is 410 g/mol. The largest absolute Gasteiger partial charge is 0.486 e. The standard InChI is InChI=1S/C25H23NO6/c1-14-21-18(6-7-19-22(21)16(27)13-25(32-19)8-2-3-9-25)31-23(14)24(28)26-15-4-5-17-20(12-15)30-11-10-29-17/h4-7,12H,2-3,8-11,13H2,1H3,(H,26,28). The summed E-state index contributed by atoms with van der Waals surface area (Å²) in [6.07, 6.45) is 4.36. The molecule has 1 aromatic heterocycles. The number of aryl methyl sites for hydroxylation is 1. The van der Waals surface area contributed by atoms with Gasteiger partial charge >= 0.3 is 0 Å². The van der Waals surface area contributed by atoms with Crippen molar-refractivity contribution in [3.05, 3.63) is 47.2 Å². The van der Waals surface area contributed by atoms with Crippen molar-refractivity contribution in [2.45, 2.75) is 44.6 Å². The van der Waals surface area contributed by atoms with Crippen LogP contribution < -0.4 is 19.5 Å². The topological polar surface area (TPSA) is 87.0 Å². The molecule has 3 heterocycles. The summed E-state index contributed by atoms with van der Waals surface area (Å²) in [4.78, 5) is 26.2. The zero-order chi connectivity index (χ0) is 21.9. The number of rotatable bonds is 2. The molecule has 32 heavy (non-hydrogen) atoms. The van der Waals surface area contributed by atoms with E-state index < -0.39 is 0 Å². The summed E-state index contributed by atoms with van der Waals surface area (Å²) in [5.74, 6) is 1.69. The Balaban J connectivity index is 1.34. The lowest BCUT2D eigenvalue weighted by Crippen LogP contribution is -2.39. The predicted molar refractivity (Wildman–Crippen MR) is 117 cm³/mol. The molecule has 6 rings (SSSR count). The molecule has 0 radical (unpaired) electrons. The van der Waals surface area contributed by atoms with Crippen molar-refractivity contribution in [2.75, 3.05) is 18.5 Å². The molecule has 1 amide bonds. The number of ketones is 1. The maximum Gasteiger partial charge on any atom is 0.291 e. The number of anilines is 1. The van der Waals surface area contributed by atoms with Crippen molar-refractivity contribution in [3.63, 3.8) is 0 Å². The van der Waals surface area contributed by atoms with Gasteiger partial charge in [0.05, 0.1) is 12.0 Å². The molecule has 0 unspecified atom stereocenters. The fraction of sp³-hybridized carbons (Fsp3) is 0.360. The Morgan fingerprint density at radius 1 is 1.00 bits per heavy atom. The van der Waals surface area contributed by atoms with Crippen LogP contribution in [0.15, 0.2) is 34.7 Å². The number of Topliss-reactive ketones (excluding diaryl/α,β-unsaturated/α-hetero) is 1. The van der Waals surface area contributed by atoms with Crippen molar-refractivity contribution >= 4 is 28.3 Å². The SMILES string of the molecule is Cc1c(C(=O)Nc2ccc3c(c2)OCCO3)oc2ccc3c(c12)C(=O)CC1(CCCC1)O3. The van der Waals surface area contributed by atoms with E-state index in [-0.39, 0.29) is 23.1 Å². The van der Waals surface area contributed by atoms with Crippen LogP contribution in [0, 0.1) is 6.92 Å². The third kappa shape index (κ3) is 2.95. The maximum absolute atomic E-state index is 13.2. The Bertz CT molecular complexity index is 1270. The van der Waals surface area contributed by atoms with Gasteiger partial charge in [0.2, 0.25) is 0 Å². The Morgan fingerprint density at radius 3 is 2.56 bits per heavy atom. The zero-order valence-electron chi connectivity index (χ0n) is 17.8. The quantitative estimate of drug-likeness (QED) is 0.609. The number of nitrogens with one attached hydrogen (secondary N) is 1. The smallest absolute Gasteiger partial charge is 0.291 e. The number of hydrogen-bond donors (Lipinski definition) is 1. The second-order valence-electron chi connectivity index (χ2n) is 8.77. The third-order valence-corrected chi connectivity index (χ3v) is 6.67. The minimum absolute atomic E-state index is 0.0569. The summed E-state index contributed by atoms with van der Waals surface area (Å²) in [5.41, 5.74) is 1.87. The molecule has 1 spiro atoms. The van der Waals surface area contributed by atoms with E-state index in [1.54, 1.807) is 37.3 Å². The monoisotopic (exact) mass is 433 g/mol. The first-order chi connectivity index (χ1) is 15.5. The maximum atomic E-state index is 13.2. The van der Waals surface area contributed by atoms with Crippen molar-refractivity contribution in [2.24, 2.45) is 0 Å². The molecule has 1 saturated carbocycles. The summed E-state index contributed by atoms with van der Waals surface area (Å²) >= 11 is 0. The van der Waals surface area contributed by atoms with E-state index in [1.807, 2.05) is 0 Å². The number of benzene rings is 2. The van der Waals surface area contributed by atoms with Crippen molar-refractivity contribution < 1.29 is 28.2 Å². The molecule has 1 aliphatic carbocycles. The second-order valence-corrected chi connectivity index (χ2v) is 8.77. The molecule has 2 aromatic carbocycles. The van der Waals surface area contributed by atoms with Gasteiger partial charge in [-0.1, -0.05) is 0 Å². The van der Waals surface area contributed by atoms with Crippen LogP contribution in [0.3, 0.4) is 0 Å². The van der Waals surface area contributed by atoms with Gasteiger partial charge in [0, 0.05) is 22.7 Å². The van der Waals surface area contributed by atoms with Crippen LogP contribution in [0.5, 0.6) is 17.2 Å². The first-order valence-corrected chi connectivity index (χ1v) is 11.0. The van der Waals surface area contributed by atoms with E-state index in [2.05, 4.69) is 5.32 Å². The average Bonchev–Trinajstić information content (AvgIpc) is 3.37. The number of amides is 1. The van der Waals surface area contributed by atoms with Gasteiger partial charge in [-0.2, -0.15) is 0 Å². The van der Waals surface area contributed by atoms with Crippen molar-refractivity contribution in [3.8, 4) is 17.2 Å². The second kappa shape index (κ2) is 7.02. The normalized spacial score (nSPS) is 18.5. The highest BCUT2D eigenvalue weighted by molar-refractivity contribution is 6.14. The fourth-order valence-corrected chi connectivity index (χ4v) is 5.16. The van der Waals surface area contributed by atoms with E-state index in [1.165, 1.54) is 0 Å². The summed E-state index contributed by atoms with van der Waals surface area (Å²) < 4.78 is 23.4. The first kappa shape index (κ1) is 19.2. The Labute approximate surface area is 184 Å². The van der Waals surface area contributed by atoms with Crippen LogP contribution in [0.25, 0.3) is 11.0 Å². The van der Waals surface area contributed by atoms with Crippen LogP contribution >= 0.6 is 0 Å². The number of ether oxygens (including phenoxy) is 3. The molecule has 0 saturated heterocycles. The summed E-state index contributed by atoms with van der Waals surface area (Å²) in [5, 5.41) is 3.52. The van der Waals surface area contributed by atoms with Gasteiger partial charge in [-0.05, 0) is 56.9 Å². The molecule has 7 nitrogen and oxygen atoms in total. The molecule has 0 atom stereocenters. The third-order valence-electron chi connectivity index (χ3n) is 6.67. The van der Waals surface area contributed by atoms with Gasteiger partial charge in [-0.25, -0.2) is 0 Å². The van der Waals surface area contributed by atoms with Gasteiger partial charge < -0.3 is 23.9 Å².